The number of nitrogens with one attached hydrogen (secondary N) is 2. The number of hydrogen-bond donors (Lipinski definition) is 2. The average molecular weight is 470 g/mol. The van der Waals surface area contributed by atoms with Crippen LogP contribution in [0.3, 0.4) is 0 Å². The third-order valence-corrected chi connectivity index (χ3v) is 5.31. The number of rotatable bonds is 9. The molecule has 0 aliphatic carbocycles. The number of nitrogens with zero attached hydrogens (tertiary/aromatic N) is 1. The van der Waals surface area contributed by atoms with Gasteiger partial charge in [0, 0.05) is 18.5 Å². The summed E-state index contributed by atoms with van der Waals surface area (Å²) in [5.41, 5.74) is 4.19. The molecule has 0 radical (unpaired) electrons. The van der Waals surface area contributed by atoms with E-state index in [-0.39, 0.29) is 24.4 Å². The number of benzene rings is 4. The van der Waals surface area contributed by atoms with Crippen molar-refractivity contribution in [2.75, 3.05) is 6.54 Å². The highest BCUT2D eigenvalue weighted by molar-refractivity contribution is 6.02. The summed E-state index contributed by atoms with van der Waals surface area (Å²) >= 11 is 0. The van der Waals surface area contributed by atoms with E-state index in [1.165, 1.54) is 18.2 Å². The van der Waals surface area contributed by atoms with Crippen molar-refractivity contribution in [2.24, 2.45) is 5.10 Å². The van der Waals surface area contributed by atoms with Crippen molar-refractivity contribution in [2.45, 2.75) is 13.0 Å². The Morgan fingerprint density at radius 2 is 1.63 bits per heavy atom. The van der Waals surface area contributed by atoms with Crippen LogP contribution >= 0.6 is 0 Å². The Labute approximate surface area is 202 Å². The lowest BCUT2D eigenvalue weighted by molar-refractivity contribution is -0.120. The van der Waals surface area contributed by atoms with Crippen LogP contribution in [-0.4, -0.2) is 24.6 Å². The first-order chi connectivity index (χ1) is 17.1. The molecule has 0 saturated heterocycles. The molecule has 0 unspecified atom stereocenters. The summed E-state index contributed by atoms with van der Waals surface area (Å²) < 4.78 is 19.7. The van der Waals surface area contributed by atoms with Gasteiger partial charge in [-0.25, -0.2) is 9.82 Å². The van der Waals surface area contributed by atoms with Gasteiger partial charge in [-0.15, -0.1) is 0 Å². The molecule has 4 aromatic rings. The molecule has 0 aliphatic heterocycles. The average Bonchev–Trinajstić information content (AvgIpc) is 2.88. The topological polar surface area (TPSA) is 79.8 Å². The lowest BCUT2D eigenvalue weighted by Gasteiger charge is -2.12. The first-order valence-electron chi connectivity index (χ1n) is 11.1. The second-order valence-corrected chi connectivity index (χ2v) is 7.75. The van der Waals surface area contributed by atoms with Gasteiger partial charge in [0.1, 0.15) is 18.2 Å². The van der Waals surface area contributed by atoms with Crippen LogP contribution in [0.1, 0.15) is 27.9 Å². The van der Waals surface area contributed by atoms with Crippen LogP contribution in [0.25, 0.3) is 10.8 Å². The Hall–Kier alpha value is -4.52. The van der Waals surface area contributed by atoms with E-state index in [9.17, 15) is 14.0 Å². The first kappa shape index (κ1) is 23.6. The molecule has 35 heavy (non-hydrogen) atoms. The Morgan fingerprint density at radius 1 is 0.886 bits per heavy atom. The van der Waals surface area contributed by atoms with E-state index < -0.39 is 11.7 Å². The number of carbonyl (C=O) groups is 2. The van der Waals surface area contributed by atoms with Crippen LogP contribution in [-0.2, 0) is 11.4 Å². The van der Waals surface area contributed by atoms with Gasteiger partial charge in [-0.1, -0.05) is 72.8 Å². The predicted molar refractivity (Wildman–Crippen MR) is 134 cm³/mol. The molecule has 4 rings (SSSR count). The Balaban J connectivity index is 1.38. The van der Waals surface area contributed by atoms with Crippen molar-refractivity contribution in [3.8, 4) is 5.75 Å². The second-order valence-electron chi connectivity index (χ2n) is 7.75. The van der Waals surface area contributed by atoms with Crippen molar-refractivity contribution < 1.29 is 18.7 Å². The molecule has 0 spiro atoms. The second kappa shape index (κ2) is 11.6. The fraction of sp³-hybridized carbons (Fsp3) is 0.107. The summed E-state index contributed by atoms with van der Waals surface area (Å²) in [6.45, 7) is 0.447. The van der Waals surface area contributed by atoms with E-state index in [2.05, 4.69) is 15.8 Å². The van der Waals surface area contributed by atoms with Crippen LogP contribution in [0, 0.1) is 5.82 Å². The maximum atomic E-state index is 13.7. The van der Waals surface area contributed by atoms with Crippen LogP contribution in [0.5, 0.6) is 5.75 Å². The van der Waals surface area contributed by atoms with Gasteiger partial charge in [-0.3, -0.25) is 9.59 Å². The molecular weight excluding hydrogens is 445 g/mol. The van der Waals surface area contributed by atoms with Crippen LogP contribution in [0.15, 0.2) is 96.1 Å². The third-order valence-electron chi connectivity index (χ3n) is 5.31. The van der Waals surface area contributed by atoms with Crippen LogP contribution < -0.4 is 15.5 Å². The summed E-state index contributed by atoms with van der Waals surface area (Å²) in [6.07, 6.45) is 1.54. The van der Waals surface area contributed by atoms with Gasteiger partial charge >= 0.3 is 0 Å². The molecule has 0 atom stereocenters. The fourth-order valence-electron chi connectivity index (χ4n) is 3.52. The van der Waals surface area contributed by atoms with Crippen molar-refractivity contribution in [3.05, 3.63) is 114 Å². The summed E-state index contributed by atoms with van der Waals surface area (Å²) in [7, 11) is 0. The van der Waals surface area contributed by atoms with Crippen molar-refractivity contribution in [1.82, 2.24) is 10.7 Å². The van der Waals surface area contributed by atoms with Gasteiger partial charge in [0.05, 0.1) is 11.8 Å². The van der Waals surface area contributed by atoms with Gasteiger partial charge in [0.25, 0.3) is 5.91 Å². The zero-order chi connectivity index (χ0) is 24.5. The van der Waals surface area contributed by atoms with E-state index >= 15 is 0 Å². The number of fused-ring (bicyclic) bond motifs is 1. The minimum absolute atomic E-state index is 0.00949. The smallest absolute Gasteiger partial charge is 0.254 e. The maximum absolute atomic E-state index is 13.7. The lowest BCUT2D eigenvalue weighted by Crippen LogP contribution is -2.29. The van der Waals surface area contributed by atoms with Crippen molar-refractivity contribution >= 4 is 28.8 Å². The van der Waals surface area contributed by atoms with Crippen LogP contribution in [0.2, 0.25) is 0 Å². The number of amides is 2. The molecule has 4 aromatic carbocycles. The quantitative estimate of drug-likeness (QED) is 0.272. The largest absolute Gasteiger partial charge is 0.488 e. The standard InChI is InChI=1S/C28H24FN3O3/c29-25-13-7-6-12-23(25)28(34)30-17-16-27(33)32-31-18-24-22-11-5-4-10-21(22)14-15-26(24)35-19-20-8-2-1-3-9-20/h1-15,18H,16-17,19H2,(H,30,34)(H,32,33). The number of hydrogen-bond acceptors (Lipinski definition) is 4. The summed E-state index contributed by atoms with van der Waals surface area (Å²) in [5.74, 6) is -0.931. The SMILES string of the molecule is O=C(CCNC(=O)c1ccccc1F)NN=Cc1c(OCc2ccccc2)ccc2ccccc12. The van der Waals surface area contributed by atoms with Crippen molar-refractivity contribution in [1.29, 1.82) is 0 Å². The van der Waals surface area contributed by atoms with Crippen molar-refractivity contribution in [3.63, 3.8) is 0 Å². The van der Waals surface area contributed by atoms with E-state index in [1.54, 1.807) is 12.3 Å². The fourth-order valence-corrected chi connectivity index (χ4v) is 3.52. The zero-order valence-corrected chi connectivity index (χ0v) is 18.9. The molecular formula is C28H24FN3O3. The molecule has 0 fully saturated rings. The zero-order valence-electron chi connectivity index (χ0n) is 18.9. The molecule has 2 N–H and O–H groups in total. The molecule has 6 nitrogen and oxygen atoms in total. The summed E-state index contributed by atoms with van der Waals surface area (Å²) in [4.78, 5) is 24.2. The molecule has 176 valence electrons. The summed E-state index contributed by atoms with van der Waals surface area (Å²) in [6, 6.07) is 27.2. The van der Waals surface area contributed by atoms with E-state index in [1.807, 2.05) is 66.7 Å². The number of hydrazone groups is 1. The van der Waals surface area contributed by atoms with E-state index in [0.29, 0.717) is 12.4 Å². The number of ether oxygens (including phenoxy) is 1. The monoisotopic (exact) mass is 469 g/mol. The molecule has 0 heterocycles. The van der Waals surface area contributed by atoms with Gasteiger partial charge < -0.3 is 10.1 Å². The lowest BCUT2D eigenvalue weighted by atomic mass is 10.0. The molecule has 0 saturated carbocycles. The molecule has 0 aliphatic rings. The molecule has 0 bridgehead atoms. The maximum Gasteiger partial charge on any atom is 0.254 e. The number of carbonyl (C=O) groups excluding carboxylic acids is 2. The van der Waals surface area contributed by atoms with Gasteiger partial charge in [-0.05, 0) is 34.5 Å². The Morgan fingerprint density at radius 3 is 2.46 bits per heavy atom. The van der Waals surface area contributed by atoms with E-state index in [0.717, 1.165) is 21.9 Å². The van der Waals surface area contributed by atoms with Crippen LogP contribution in [0.4, 0.5) is 4.39 Å². The number of halogens is 1. The highest BCUT2D eigenvalue weighted by Gasteiger charge is 2.11. The predicted octanol–water partition coefficient (Wildman–Crippen LogP) is 4.83. The van der Waals surface area contributed by atoms with Gasteiger partial charge in [0.2, 0.25) is 5.91 Å². The Kier molecular flexibility index (Phi) is 7.81. The summed E-state index contributed by atoms with van der Waals surface area (Å²) in [5, 5.41) is 8.59. The molecule has 0 aromatic heterocycles. The third kappa shape index (κ3) is 6.29. The minimum atomic E-state index is -0.612. The Bertz CT molecular complexity index is 1360. The minimum Gasteiger partial charge on any atom is -0.488 e. The highest BCUT2D eigenvalue weighted by atomic mass is 19.1. The molecule has 7 heteroatoms. The highest BCUT2D eigenvalue weighted by Crippen LogP contribution is 2.27. The molecule has 2 amide bonds. The van der Waals surface area contributed by atoms with E-state index in [4.69, 9.17) is 4.74 Å². The van der Waals surface area contributed by atoms with Gasteiger partial charge in [-0.2, -0.15) is 5.10 Å². The normalized spacial score (nSPS) is 10.9. The first-order valence-corrected chi connectivity index (χ1v) is 11.1. The van der Waals surface area contributed by atoms with Gasteiger partial charge in [0.15, 0.2) is 0 Å².